The minimum Gasteiger partial charge on any atom is -0.484 e. The molecule has 22 heavy (non-hydrogen) atoms. The highest BCUT2D eigenvalue weighted by molar-refractivity contribution is 5.92. The Morgan fingerprint density at radius 1 is 1.09 bits per heavy atom. The molecule has 0 fully saturated rings. The summed E-state index contributed by atoms with van der Waals surface area (Å²) in [7, 11) is 0. The molecule has 0 aliphatic rings. The fraction of sp³-hybridized carbons (Fsp3) is 0.0588. The number of nitrogens with one attached hydrogen (secondary N) is 1. The van der Waals surface area contributed by atoms with Crippen LogP contribution in [0.15, 0.2) is 73.1 Å². The van der Waals surface area contributed by atoms with Crippen molar-refractivity contribution < 1.29 is 9.53 Å². The van der Waals surface area contributed by atoms with Gasteiger partial charge in [0.15, 0.2) is 6.61 Å². The van der Waals surface area contributed by atoms with E-state index in [2.05, 4.69) is 10.4 Å². The molecule has 0 atom stereocenters. The molecule has 1 heterocycles. The molecule has 3 rings (SSSR count). The lowest BCUT2D eigenvalue weighted by Crippen LogP contribution is -2.20. The summed E-state index contributed by atoms with van der Waals surface area (Å²) in [6, 6.07) is 18.6. The van der Waals surface area contributed by atoms with Crippen molar-refractivity contribution in [3.8, 4) is 11.4 Å². The summed E-state index contributed by atoms with van der Waals surface area (Å²) in [4.78, 5) is 11.9. The van der Waals surface area contributed by atoms with Gasteiger partial charge in [0.1, 0.15) is 5.75 Å². The smallest absolute Gasteiger partial charge is 0.262 e. The Hall–Kier alpha value is -3.08. The van der Waals surface area contributed by atoms with Crippen LogP contribution in [0.1, 0.15) is 0 Å². The van der Waals surface area contributed by atoms with E-state index in [9.17, 15) is 4.79 Å². The Morgan fingerprint density at radius 2 is 1.95 bits per heavy atom. The summed E-state index contributed by atoms with van der Waals surface area (Å²) in [5.74, 6) is 0.462. The van der Waals surface area contributed by atoms with Crippen LogP contribution in [0.25, 0.3) is 5.69 Å². The maximum atomic E-state index is 11.9. The molecule has 0 aliphatic heterocycles. The first-order valence-electron chi connectivity index (χ1n) is 6.89. The number of para-hydroxylation sites is 1. The third-order valence-corrected chi connectivity index (χ3v) is 3.01. The van der Waals surface area contributed by atoms with Gasteiger partial charge in [0.05, 0.1) is 5.69 Å². The van der Waals surface area contributed by atoms with Crippen molar-refractivity contribution in [2.24, 2.45) is 0 Å². The number of hydrogen-bond donors (Lipinski definition) is 1. The van der Waals surface area contributed by atoms with Crippen LogP contribution in [0.2, 0.25) is 0 Å². The fourth-order valence-corrected chi connectivity index (χ4v) is 2.01. The van der Waals surface area contributed by atoms with E-state index < -0.39 is 0 Å². The van der Waals surface area contributed by atoms with Gasteiger partial charge in [0.25, 0.3) is 5.91 Å². The van der Waals surface area contributed by atoms with Gasteiger partial charge in [-0.15, -0.1) is 0 Å². The molecule has 0 spiro atoms. The van der Waals surface area contributed by atoms with Gasteiger partial charge in [-0.2, -0.15) is 5.10 Å². The lowest BCUT2D eigenvalue weighted by atomic mass is 10.3. The SMILES string of the molecule is O=C(COc1ccccc1)Nc1cccc(-n2cccn2)c1. The molecule has 110 valence electrons. The minimum absolute atomic E-state index is 0.0317. The van der Waals surface area contributed by atoms with Crippen molar-refractivity contribution in [3.63, 3.8) is 0 Å². The van der Waals surface area contributed by atoms with E-state index >= 15 is 0 Å². The number of rotatable bonds is 5. The number of amides is 1. The quantitative estimate of drug-likeness (QED) is 0.787. The number of aromatic nitrogens is 2. The van der Waals surface area contributed by atoms with E-state index in [0.29, 0.717) is 11.4 Å². The van der Waals surface area contributed by atoms with Crippen LogP contribution < -0.4 is 10.1 Å². The van der Waals surface area contributed by atoms with Crippen LogP contribution >= 0.6 is 0 Å². The number of anilines is 1. The lowest BCUT2D eigenvalue weighted by Gasteiger charge is -2.09. The molecule has 1 amide bonds. The van der Waals surface area contributed by atoms with E-state index in [4.69, 9.17) is 4.74 Å². The summed E-state index contributed by atoms with van der Waals surface area (Å²) >= 11 is 0. The third kappa shape index (κ3) is 3.52. The molecule has 5 heteroatoms. The van der Waals surface area contributed by atoms with Gasteiger partial charge in [-0.1, -0.05) is 24.3 Å². The Bertz CT molecular complexity index is 740. The van der Waals surface area contributed by atoms with Gasteiger partial charge in [-0.3, -0.25) is 4.79 Å². The zero-order valence-corrected chi connectivity index (χ0v) is 11.8. The highest BCUT2D eigenvalue weighted by Gasteiger charge is 2.05. The van der Waals surface area contributed by atoms with Crippen molar-refractivity contribution in [2.45, 2.75) is 0 Å². The molecule has 2 aromatic carbocycles. The monoisotopic (exact) mass is 293 g/mol. The Kier molecular flexibility index (Phi) is 4.15. The number of carbonyl (C=O) groups excluding carboxylic acids is 1. The second kappa shape index (κ2) is 6.58. The van der Waals surface area contributed by atoms with Crippen molar-refractivity contribution in [3.05, 3.63) is 73.1 Å². The maximum absolute atomic E-state index is 11.9. The number of hydrogen-bond acceptors (Lipinski definition) is 3. The predicted molar refractivity (Wildman–Crippen MR) is 84.1 cm³/mol. The molecule has 0 radical (unpaired) electrons. The summed E-state index contributed by atoms with van der Waals surface area (Å²) < 4.78 is 7.15. The van der Waals surface area contributed by atoms with Crippen LogP contribution in [0.3, 0.4) is 0 Å². The van der Waals surface area contributed by atoms with Gasteiger partial charge in [0, 0.05) is 18.1 Å². The predicted octanol–water partition coefficient (Wildman–Crippen LogP) is 2.89. The van der Waals surface area contributed by atoms with E-state index in [1.165, 1.54) is 0 Å². The highest BCUT2D eigenvalue weighted by atomic mass is 16.5. The first kappa shape index (κ1) is 13.9. The van der Waals surface area contributed by atoms with Crippen molar-refractivity contribution >= 4 is 11.6 Å². The summed E-state index contributed by atoms with van der Waals surface area (Å²) in [5.41, 5.74) is 1.58. The molecule has 3 aromatic rings. The first-order valence-corrected chi connectivity index (χ1v) is 6.89. The lowest BCUT2D eigenvalue weighted by molar-refractivity contribution is -0.118. The Labute approximate surface area is 128 Å². The Morgan fingerprint density at radius 3 is 2.73 bits per heavy atom. The van der Waals surface area contributed by atoms with Crippen molar-refractivity contribution in [1.82, 2.24) is 9.78 Å². The molecule has 0 saturated carbocycles. The number of carbonyl (C=O) groups is 1. The Balaban J connectivity index is 1.61. The van der Waals surface area contributed by atoms with E-state index in [1.807, 2.05) is 66.9 Å². The number of nitrogens with zero attached hydrogens (tertiary/aromatic N) is 2. The standard InChI is InChI=1S/C17H15N3O2/c21-17(13-22-16-8-2-1-3-9-16)19-14-6-4-7-15(12-14)20-11-5-10-18-20/h1-12H,13H2,(H,19,21). The zero-order chi connectivity index (χ0) is 15.2. The van der Waals surface area contributed by atoms with Gasteiger partial charge >= 0.3 is 0 Å². The minimum atomic E-state index is -0.207. The van der Waals surface area contributed by atoms with Gasteiger partial charge in [0.2, 0.25) is 0 Å². The summed E-state index contributed by atoms with van der Waals surface area (Å²) in [6.07, 6.45) is 3.55. The number of benzene rings is 2. The second-order valence-corrected chi connectivity index (χ2v) is 4.65. The molecule has 0 aliphatic carbocycles. The first-order chi connectivity index (χ1) is 10.8. The topological polar surface area (TPSA) is 56.1 Å². The van der Waals surface area contributed by atoms with Crippen LogP contribution in [0.4, 0.5) is 5.69 Å². The molecule has 5 nitrogen and oxygen atoms in total. The van der Waals surface area contributed by atoms with Crippen molar-refractivity contribution in [1.29, 1.82) is 0 Å². The normalized spacial score (nSPS) is 10.2. The molecule has 0 unspecified atom stereocenters. The largest absolute Gasteiger partial charge is 0.484 e. The number of ether oxygens (including phenoxy) is 1. The summed E-state index contributed by atoms with van der Waals surface area (Å²) in [6.45, 7) is -0.0317. The second-order valence-electron chi connectivity index (χ2n) is 4.65. The van der Waals surface area contributed by atoms with Crippen LogP contribution in [0.5, 0.6) is 5.75 Å². The average Bonchev–Trinajstić information content (AvgIpc) is 3.09. The maximum Gasteiger partial charge on any atom is 0.262 e. The molecular weight excluding hydrogens is 278 g/mol. The molecule has 0 bridgehead atoms. The van der Waals surface area contributed by atoms with Gasteiger partial charge in [-0.25, -0.2) is 4.68 Å². The van der Waals surface area contributed by atoms with Crippen LogP contribution in [0, 0.1) is 0 Å². The van der Waals surface area contributed by atoms with E-state index in [0.717, 1.165) is 5.69 Å². The molecule has 1 N–H and O–H groups in total. The van der Waals surface area contributed by atoms with E-state index in [-0.39, 0.29) is 12.5 Å². The van der Waals surface area contributed by atoms with Gasteiger partial charge in [-0.05, 0) is 36.4 Å². The summed E-state index contributed by atoms with van der Waals surface area (Å²) in [5, 5.41) is 6.97. The fourth-order valence-electron chi connectivity index (χ4n) is 2.01. The van der Waals surface area contributed by atoms with Crippen LogP contribution in [-0.4, -0.2) is 22.3 Å². The van der Waals surface area contributed by atoms with Crippen LogP contribution in [-0.2, 0) is 4.79 Å². The third-order valence-electron chi connectivity index (χ3n) is 3.01. The molecule has 0 saturated heterocycles. The molecular formula is C17H15N3O2. The highest BCUT2D eigenvalue weighted by Crippen LogP contribution is 2.14. The van der Waals surface area contributed by atoms with Gasteiger partial charge < -0.3 is 10.1 Å². The van der Waals surface area contributed by atoms with Crippen molar-refractivity contribution in [2.75, 3.05) is 11.9 Å². The zero-order valence-electron chi connectivity index (χ0n) is 11.8. The molecule has 1 aromatic heterocycles. The van der Waals surface area contributed by atoms with E-state index in [1.54, 1.807) is 10.9 Å². The average molecular weight is 293 g/mol.